The summed E-state index contributed by atoms with van der Waals surface area (Å²) < 4.78 is 32.8. The van der Waals surface area contributed by atoms with Crippen LogP contribution in [0.1, 0.15) is 21.6 Å². The number of hydrogen-bond acceptors (Lipinski definition) is 4. The number of carbonyl (C=O) groups excluding carboxylic acids is 1. The first-order chi connectivity index (χ1) is 14.8. The Bertz CT molecular complexity index is 1420. The van der Waals surface area contributed by atoms with Gasteiger partial charge in [0, 0.05) is 49.2 Å². The minimum absolute atomic E-state index is 0.197. The van der Waals surface area contributed by atoms with Crippen LogP contribution >= 0.6 is 0 Å². The third-order valence-corrected chi connectivity index (χ3v) is 5.51. The number of aromatic nitrogens is 4. The molecule has 0 bridgehead atoms. The van der Waals surface area contributed by atoms with Crippen LogP contribution < -0.4 is 5.56 Å². The van der Waals surface area contributed by atoms with Crippen molar-refractivity contribution in [3.63, 3.8) is 0 Å². The lowest BCUT2D eigenvalue weighted by atomic mass is 10.0. The van der Waals surface area contributed by atoms with Crippen molar-refractivity contribution >= 4 is 16.8 Å². The Hall–Kier alpha value is -3.88. The molecule has 0 radical (unpaired) electrons. The average molecular weight is 421 g/mol. The van der Waals surface area contributed by atoms with E-state index in [1.54, 1.807) is 38.6 Å². The van der Waals surface area contributed by atoms with E-state index in [-0.39, 0.29) is 41.2 Å². The molecule has 4 heterocycles. The quantitative estimate of drug-likeness (QED) is 0.510. The summed E-state index contributed by atoms with van der Waals surface area (Å²) in [5, 5.41) is 4.67. The zero-order valence-electron chi connectivity index (χ0n) is 16.8. The van der Waals surface area contributed by atoms with Crippen LogP contribution in [0.5, 0.6) is 0 Å². The molecule has 5 rings (SSSR count). The summed E-state index contributed by atoms with van der Waals surface area (Å²) in [7, 11) is 3.24. The number of nitrogens with zero attached hydrogens (tertiary/aromatic N) is 5. The molecule has 0 aliphatic carbocycles. The fraction of sp³-hybridized carbons (Fsp3) is 0.182. The number of carbonyl (C=O) groups is 1. The van der Waals surface area contributed by atoms with Gasteiger partial charge in [-0.05, 0) is 29.8 Å². The van der Waals surface area contributed by atoms with Gasteiger partial charge >= 0.3 is 0 Å². The molecule has 0 saturated carbocycles. The molecule has 1 aliphatic heterocycles. The molecule has 9 heteroatoms. The van der Waals surface area contributed by atoms with Crippen LogP contribution in [0.3, 0.4) is 0 Å². The van der Waals surface area contributed by atoms with Gasteiger partial charge in [0.2, 0.25) is 0 Å². The first-order valence-corrected chi connectivity index (χ1v) is 9.58. The van der Waals surface area contributed by atoms with Gasteiger partial charge < -0.3 is 9.47 Å². The number of amides is 1. The minimum Gasteiger partial charge on any atom is -0.328 e. The van der Waals surface area contributed by atoms with Crippen molar-refractivity contribution in [2.45, 2.75) is 13.1 Å². The van der Waals surface area contributed by atoms with Gasteiger partial charge in [0.05, 0.1) is 24.3 Å². The van der Waals surface area contributed by atoms with E-state index in [9.17, 15) is 9.59 Å². The molecule has 0 saturated heterocycles. The lowest BCUT2D eigenvalue weighted by Gasteiger charge is -2.17. The van der Waals surface area contributed by atoms with Crippen molar-refractivity contribution in [1.82, 2.24) is 24.2 Å². The average Bonchev–Trinajstić information content (AvgIpc) is 3.28. The molecule has 1 aliphatic rings. The van der Waals surface area contributed by atoms with Crippen molar-refractivity contribution < 1.29 is 13.6 Å². The van der Waals surface area contributed by atoms with E-state index in [1.165, 1.54) is 32.5 Å². The summed E-state index contributed by atoms with van der Waals surface area (Å²) in [5.41, 5.74) is 1.54. The highest BCUT2D eigenvalue weighted by atomic mass is 19.1. The van der Waals surface area contributed by atoms with Gasteiger partial charge in [0.25, 0.3) is 11.5 Å². The van der Waals surface area contributed by atoms with E-state index in [1.807, 2.05) is 0 Å². The van der Waals surface area contributed by atoms with Crippen molar-refractivity contribution in [3.05, 3.63) is 81.7 Å². The van der Waals surface area contributed by atoms with Crippen LogP contribution in [0.25, 0.3) is 22.0 Å². The highest BCUT2D eigenvalue weighted by Gasteiger charge is 2.29. The van der Waals surface area contributed by atoms with Crippen LogP contribution in [0.4, 0.5) is 8.78 Å². The molecule has 0 atom stereocenters. The molecule has 31 heavy (non-hydrogen) atoms. The predicted molar refractivity (Wildman–Crippen MR) is 109 cm³/mol. The van der Waals surface area contributed by atoms with Gasteiger partial charge in [-0.3, -0.25) is 19.3 Å². The van der Waals surface area contributed by atoms with Gasteiger partial charge in [0.1, 0.15) is 11.6 Å². The maximum atomic E-state index is 15.0. The summed E-state index contributed by atoms with van der Waals surface area (Å²) in [5.74, 6) is -1.84. The second-order valence-corrected chi connectivity index (χ2v) is 7.60. The number of aryl methyl sites for hydroxylation is 2. The van der Waals surface area contributed by atoms with Gasteiger partial charge in [-0.1, -0.05) is 0 Å². The molecule has 0 fully saturated rings. The van der Waals surface area contributed by atoms with Gasteiger partial charge in [0.15, 0.2) is 5.52 Å². The summed E-state index contributed by atoms with van der Waals surface area (Å²) in [6.45, 7) is -0.00450. The summed E-state index contributed by atoms with van der Waals surface area (Å²) in [6.07, 6.45) is 4.76. The fourth-order valence-electron chi connectivity index (χ4n) is 3.97. The van der Waals surface area contributed by atoms with E-state index in [0.29, 0.717) is 22.2 Å². The highest BCUT2D eigenvalue weighted by molar-refractivity contribution is 5.97. The van der Waals surface area contributed by atoms with Crippen molar-refractivity contribution in [2.24, 2.45) is 14.1 Å². The van der Waals surface area contributed by atoms with Gasteiger partial charge in [-0.2, -0.15) is 5.10 Å². The molecule has 0 N–H and O–H groups in total. The summed E-state index contributed by atoms with van der Waals surface area (Å²) in [4.78, 5) is 30.4. The molecule has 156 valence electrons. The molecule has 0 unspecified atom stereocenters. The van der Waals surface area contributed by atoms with Crippen LogP contribution in [-0.4, -0.2) is 30.1 Å². The first-order valence-electron chi connectivity index (χ1n) is 9.58. The molecular formula is C22H17F2N5O2. The Labute approximate surface area is 175 Å². The van der Waals surface area contributed by atoms with Crippen molar-refractivity contribution in [3.8, 4) is 11.1 Å². The molecule has 1 aromatic carbocycles. The van der Waals surface area contributed by atoms with E-state index < -0.39 is 11.6 Å². The number of rotatable bonds is 3. The van der Waals surface area contributed by atoms with Gasteiger partial charge in [-0.25, -0.2) is 8.78 Å². The van der Waals surface area contributed by atoms with Crippen LogP contribution in [0.15, 0.2) is 47.7 Å². The van der Waals surface area contributed by atoms with Crippen LogP contribution in [0.2, 0.25) is 0 Å². The Balaban J connectivity index is 1.54. The van der Waals surface area contributed by atoms with E-state index in [2.05, 4.69) is 10.1 Å². The Morgan fingerprint density at radius 2 is 1.81 bits per heavy atom. The standard InChI is InChI=1S/C22H17F2N5O2/c1-27-8-14(15-9-28(2)26-20(15)22(27)31)12-6-17(23)16(18(24)7-12)10-29-11-19-13(21(29)30)4-3-5-25-19/h3-9H,10-11H2,1-2H3. The van der Waals surface area contributed by atoms with Crippen molar-refractivity contribution in [1.29, 1.82) is 0 Å². The molecule has 3 aromatic heterocycles. The molecule has 1 amide bonds. The SMILES string of the molecule is Cn1cc2c(-c3cc(F)c(CN4Cc5ncccc5C4=O)c(F)c3)cn(C)c(=O)c2n1. The predicted octanol–water partition coefficient (Wildman–Crippen LogP) is 2.77. The molecular weight excluding hydrogens is 404 g/mol. The van der Waals surface area contributed by atoms with Crippen molar-refractivity contribution in [2.75, 3.05) is 0 Å². The van der Waals surface area contributed by atoms with E-state index in [4.69, 9.17) is 0 Å². The number of benzene rings is 1. The van der Waals surface area contributed by atoms with E-state index in [0.717, 1.165) is 0 Å². The number of pyridine rings is 2. The summed E-state index contributed by atoms with van der Waals surface area (Å²) in [6, 6.07) is 5.75. The van der Waals surface area contributed by atoms with Crippen LogP contribution in [0, 0.1) is 11.6 Å². The first kappa shape index (κ1) is 19.1. The number of hydrogen-bond donors (Lipinski definition) is 0. The summed E-state index contributed by atoms with van der Waals surface area (Å²) >= 11 is 0. The topological polar surface area (TPSA) is 73.0 Å². The lowest BCUT2D eigenvalue weighted by molar-refractivity contribution is 0.0763. The van der Waals surface area contributed by atoms with Crippen LogP contribution in [-0.2, 0) is 27.2 Å². The highest BCUT2D eigenvalue weighted by Crippen LogP contribution is 2.31. The minimum atomic E-state index is -0.766. The maximum absolute atomic E-state index is 15.0. The Morgan fingerprint density at radius 3 is 2.52 bits per heavy atom. The number of halogens is 2. The molecule has 4 aromatic rings. The molecule has 0 spiro atoms. The third kappa shape index (κ3) is 3.00. The largest absolute Gasteiger partial charge is 0.328 e. The molecule has 7 nitrogen and oxygen atoms in total. The smallest absolute Gasteiger partial charge is 0.278 e. The Kier molecular flexibility index (Phi) is 4.21. The Morgan fingerprint density at radius 1 is 1.06 bits per heavy atom. The third-order valence-electron chi connectivity index (χ3n) is 5.51. The second kappa shape index (κ2) is 6.83. The van der Waals surface area contributed by atoms with E-state index >= 15 is 8.78 Å². The number of fused-ring (bicyclic) bond motifs is 2. The normalized spacial score (nSPS) is 13.3. The van der Waals surface area contributed by atoms with Gasteiger partial charge in [-0.15, -0.1) is 0 Å². The maximum Gasteiger partial charge on any atom is 0.278 e. The lowest BCUT2D eigenvalue weighted by Crippen LogP contribution is -2.24. The fourth-order valence-corrected chi connectivity index (χ4v) is 3.97. The second-order valence-electron chi connectivity index (χ2n) is 7.60. The zero-order chi connectivity index (χ0) is 21.9. The monoisotopic (exact) mass is 421 g/mol. The zero-order valence-corrected chi connectivity index (χ0v) is 16.8.